The smallest absolute Gasteiger partial charge is 0.347 e. The van der Waals surface area contributed by atoms with Gasteiger partial charge < -0.3 is 5.32 Å². The van der Waals surface area contributed by atoms with E-state index in [4.69, 9.17) is 23.2 Å². The van der Waals surface area contributed by atoms with Crippen molar-refractivity contribution in [3.63, 3.8) is 0 Å². The Kier molecular flexibility index (Phi) is 10.2. The Bertz CT molecular complexity index is 1250. The van der Waals surface area contributed by atoms with Gasteiger partial charge in [0.2, 0.25) is 5.91 Å². The molecule has 39 heavy (non-hydrogen) atoms. The highest BCUT2D eigenvalue weighted by Gasteiger charge is 2.38. The number of Topliss-reactive ketones (excluding diaryl/α,β-unsaturated/α-hetero) is 1. The monoisotopic (exact) mass is 607 g/mol. The van der Waals surface area contributed by atoms with Crippen molar-refractivity contribution in [1.29, 1.82) is 0 Å². The van der Waals surface area contributed by atoms with E-state index in [0.717, 1.165) is 25.1 Å². The van der Waals surface area contributed by atoms with Gasteiger partial charge in [-0.15, -0.1) is 0 Å². The molecule has 0 fully saturated rings. The summed E-state index contributed by atoms with van der Waals surface area (Å²) in [5, 5.41) is 1.45. The highest BCUT2D eigenvalue weighted by molar-refractivity contribution is 6.42. The molecule has 0 spiro atoms. The number of carbonyl (C=O) groups excluding carboxylic acids is 2. The van der Waals surface area contributed by atoms with Crippen molar-refractivity contribution in [2.24, 2.45) is 5.92 Å². The molecular formula is C25H20Cl2F9NO2. The number of alkyl halides is 8. The first-order valence-corrected chi connectivity index (χ1v) is 11.8. The van der Waals surface area contributed by atoms with Gasteiger partial charge in [-0.2, -0.15) is 26.3 Å². The van der Waals surface area contributed by atoms with Gasteiger partial charge in [0.05, 0.1) is 21.5 Å². The van der Waals surface area contributed by atoms with E-state index in [-0.39, 0.29) is 21.7 Å². The molecule has 2 aromatic rings. The summed E-state index contributed by atoms with van der Waals surface area (Å²) in [5.74, 6) is -10.9. The van der Waals surface area contributed by atoms with Crippen LogP contribution in [0.2, 0.25) is 10.0 Å². The number of allylic oxidation sites excluding steroid dienone is 1. The van der Waals surface area contributed by atoms with Crippen LogP contribution in [0.5, 0.6) is 0 Å². The number of hydrogen-bond donors (Lipinski definition) is 1. The zero-order chi connectivity index (χ0) is 29.9. The number of carbonyl (C=O) groups is 2. The van der Waals surface area contributed by atoms with Gasteiger partial charge in [-0.3, -0.25) is 9.59 Å². The number of ketones is 1. The van der Waals surface area contributed by atoms with E-state index >= 15 is 4.39 Å². The summed E-state index contributed by atoms with van der Waals surface area (Å²) in [6.45, 7) is -0.181. The third-order valence-electron chi connectivity index (χ3n) is 5.47. The lowest BCUT2D eigenvalue weighted by molar-refractivity contribution is -0.140. The second-order valence-corrected chi connectivity index (χ2v) is 9.56. The maximum atomic E-state index is 15.1. The normalized spacial score (nSPS) is 14.6. The predicted molar refractivity (Wildman–Crippen MR) is 128 cm³/mol. The van der Waals surface area contributed by atoms with E-state index in [0.29, 0.717) is 19.1 Å². The van der Waals surface area contributed by atoms with E-state index in [1.54, 1.807) is 0 Å². The number of amides is 1. The fourth-order valence-corrected chi connectivity index (χ4v) is 3.80. The van der Waals surface area contributed by atoms with Crippen LogP contribution in [0.1, 0.15) is 53.2 Å². The molecule has 0 saturated heterocycles. The van der Waals surface area contributed by atoms with Gasteiger partial charge in [0.15, 0.2) is 5.78 Å². The van der Waals surface area contributed by atoms with E-state index in [1.807, 2.05) is 0 Å². The van der Waals surface area contributed by atoms with Crippen molar-refractivity contribution in [1.82, 2.24) is 5.32 Å². The third-order valence-corrected chi connectivity index (χ3v) is 6.20. The van der Waals surface area contributed by atoms with Gasteiger partial charge in [0, 0.05) is 30.4 Å². The molecule has 0 aliphatic heterocycles. The largest absolute Gasteiger partial charge is 0.417 e. The zero-order valence-electron chi connectivity index (χ0n) is 20.1. The Morgan fingerprint density at radius 2 is 1.56 bits per heavy atom. The summed E-state index contributed by atoms with van der Waals surface area (Å²) in [6, 6.07) is 5.00. The van der Waals surface area contributed by atoms with Crippen LogP contribution in [-0.2, 0) is 11.0 Å². The lowest BCUT2D eigenvalue weighted by atomic mass is 9.90. The number of hydrogen-bond acceptors (Lipinski definition) is 2. The Hall–Kier alpha value is -2.73. The van der Waals surface area contributed by atoms with Gasteiger partial charge >= 0.3 is 12.4 Å². The Balaban J connectivity index is 2.42. The molecule has 2 aromatic carbocycles. The molecule has 1 N–H and O–H groups in total. The van der Waals surface area contributed by atoms with Gasteiger partial charge in [-0.25, -0.2) is 13.2 Å². The molecule has 0 heterocycles. The Morgan fingerprint density at radius 3 is 2.08 bits per heavy atom. The average Bonchev–Trinajstić information content (AvgIpc) is 2.80. The lowest BCUT2D eigenvalue weighted by Gasteiger charge is -2.22. The average molecular weight is 608 g/mol. The second kappa shape index (κ2) is 12.2. The van der Waals surface area contributed by atoms with E-state index in [2.05, 4.69) is 0 Å². The van der Waals surface area contributed by atoms with Crippen LogP contribution in [-0.4, -0.2) is 30.3 Å². The Morgan fingerprint density at radius 1 is 0.949 bits per heavy atom. The van der Waals surface area contributed by atoms with Crippen LogP contribution in [0.25, 0.3) is 5.83 Å². The highest BCUT2D eigenvalue weighted by Crippen LogP contribution is 2.40. The summed E-state index contributed by atoms with van der Waals surface area (Å²) in [4.78, 5) is 24.3. The molecule has 0 aliphatic rings. The quantitative estimate of drug-likeness (QED) is 0.229. The van der Waals surface area contributed by atoms with Gasteiger partial charge in [0.25, 0.3) is 5.92 Å². The van der Waals surface area contributed by atoms with Crippen molar-refractivity contribution in [3.05, 3.63) is 74.8 Å². The maximum absolute atomic E-state index is 15.1. The van der Waals surface area contributed by atoms with Gasteiger partial charge in [-0.05, 0) is 29.8 Å². The molecule has 2 rings (SSSR count). The summed E-state index contributed by atoms with van der Waals surface area (Å²) in [6.07, 6.45) is -10.4. The first-order valence-electron chi connectivity index (χ1n) is 11.0. The standard InChI is InChI=1S/C25H20Cl2F9NO2/c1-12(22(39)37-11-24(31,32)33)7-21(38)15-5-3-14(8-17(15)25(34,35)36)20(28)10-16(23(2,29)30)13-4-6-18(26)19(27)9-13/h3-6,8-10,12,16H,7,11H2,1-2H3,(H,37,39)/b20-10-/t12-,16?/m0/s1. The number of nitrogens with one attached hydrogen (secondary N) is 1. The first kappa shape index (κ1) is 32.5. The molecule has 0 radical (unpaired) electrons. The number of benzene rings is 2. The molecule has 3 nitrogen and oxygen atoms in total. The fourth-order valence-electron chi connectivity index (χ4n) is 3.50. The van der Waals surface area contributed by atoms with Crippen LogP contribution >= 0.6 is 23.2 Å². The highest BCUT2D eigenvalue weighted by atomic mass is 35.5. The molecule has 214 valence electrons. The lowest BCUT2D eigenvalue weighted by Crippen LogP contribution is -2.37. The minimum Gasteiger partial charge on any atom is -0.347 e. The summed E-state index contributed by atoms with van der Waals surface area (Å²) >= 11 is 11.6. The van der Waals surface area contributed by atoms with E-state index < -0.39 is 77.3 Å². The van der Waals surface area contributed by atoms with Crippen LogP contribution in [0.15, 0.2) is 42.5 Å². The van der Waals surface area contributed by atoms with Crippen molar-refractivity contribution < 1.29 is 49.1 Å². The molecular weight excluding hydrogens is 588 g/mol. The Labute approximate surface area is 227 Å². The molecule has 1 amide bonds. The topological polar surface area (TPSA) is 46.2 Å². The minimum atomic E-state index is -5.21. The van der Waals surface area contributed by atoms with Gasteiger partial charge in [-0.1, -0.05) is 48.3 Å². The second-order valence-electron chi connectivity index (χ2n) is 8.74. The van der Waals surface area contributed by atoms with Crippen molar-refractivity contribution >= 4 is 40.7 Å². The summed E-state index contributed by atoms with van der Waals surface area (Å²) in [7, 11) is 0. The van der Waals surface area contributed by atoms with Crippen molar-refractivity contribution in [3.8, 4) is 0 Å². The van der Waals surface area contributed by atoms with Crippen LogP contribution in [0.3, 0.4) is 0 Å². The van der Waals surface area contributed by atoms with E-state index in [9.17, 15) is 44.7 Å². The predicted octanol–water partition coefficient (Wildman–Crippen LogP) is 8.65. The molecule has 1 unspecified atom stereocenters. The van der Waals surface area contributed by atoms with Crippen molar-refractivity contribution in [2.75, 3.05) is 6.54 Å². The minimum absolute atomic E-state index is 0.0327. The fraction of sp³-hybridized carbons (Fsp3) is 0.360. The SMILES string of the molecule is C[C@@H](CC(=O)c1ccc(/C(F)=C/C(c2ccc(Cl)c(Cl)c2)C(C)(F)F)cc1C(F)(F)F)C(=O)NCC(F)(F)F. The molecule has 2 atom stereocenters. The zero-order valence-corrected chi connectivity index (χ0v) is 21.6. The third kappa shape index (κ3) is 9.16. The molecule has 14 heteroatoms. The molecule has 0 bridgehead atoms. The number of rotatable bonds is 9. The molecule has 0 saturated carbocycles. The van der Waals surface area contributed by atoms with Crippen LogP contribution in [0.4, 0.5) is 39.5 Å². The van der Waals surface area contributed by atoms with Crippen molar-refractivity contribution in [2.45, 2.75) is 44.5 Å². The van der Waals surface area contributed by atoms with Gasteiger partial charge in [0.1, 0.15) is 12.4 Å². The summed E-state index contributed by atoms with van der Waals surface area (Å²) < 4.78 is 122. The van der Waals surface area contributed by atoms with Crippen LogP contribution < -0.4 is 5.32 Å². The first-order chi connectivity index (χ1) is 17.7. The number of halogens is 11. The molecule has 0 aromatic heterocycles. The molecule has 0 aliphatic carbocycles. The maximum Gasteiger partial charge on any atom is 0.417 e. The summed E-state index contributed by atoms with van der Waals surface area (Å²) in [5.41, 5.74) is -3.54. The van der Waals surface area contributed by atoms with Crippen LogP contribution in [0, 0.1) is 5.92 Å². The van der Waals surface area contributed by atoms with E-state index in [1.165, 1.54) is 11.4 Å².